The Morgan fingerprint density at radius 2 is 2.15 bits per heavy atom. The molecule has 2 nitrogen and oxygen atoms in total. The van der Waals surface area contributed by atoms with E-state index in [4.69, 9.17) is 8.85 Å². The molecule has 1 heterocycles. The second-order valence-electron chi connectivity index (χ2n) is 3.99. The summed E-state index contributed by atoms with van der Waals surface area (Å²) in [6, 6.07) is 1.19. The van der Waals surface area contributed by atoms with Gasteiger partial charge in [0.1, 0.15) is 0 Å². The Bertz CT molecular complexity index is 133. The average molecular weight is 202 g/mol. The lowest BCUT2D eigenvalue weighted by Crippen LogP contribution is -2.41. The highest BCUT2D eigenvalue weighted by atomic mass is 28.4. The van der Waals surface area contributed by atoms with Crippen molar-refractivity contribution in [2.24, 2.45) is 0 Å². The van der Waals surface area contributed by atoms with Gasteiger partial charge in [-0.15, -0.1) is 0 Å². The molecule has 1 aliphatic heterocycles. The Morgan fingerprint density at radius 1 is 1.31 bits per heavy atom. The molecule has 0 saturated carbocycles. The number of rotatable bonds is 5. The molecule has 0 aromatic heterocycles. The Kier molecular flexibility index (Phi) is 4.99. The minimum absolute atomic E-state index is 0.913. The van der Waals surface area contributed by atoms with Crippen molar-refractivity contribution in [3.63, 3.8) is 0 Å². The zero-order valence-electron chi connectivity index (χ0n) is 8.97. The SMILES string of the molecule is CCCCCO[Si]1(C)CCCCO1. The smallest absolute Gasteiger partial charge is 0.334 e. The first-order valence-electron chi connectivity index (χ1n) is 5.55. The maximum absolute atomic E-state index is 5.89. The first kappa shape index (κ1) is 11.2. The second kappa shape index (κ2) is 5.78. The number of unbranched alkanes of at least 4 members (excludes halogenated alkanes) is 2. The maximum atomic E-state index is 5.89. The fourth-order valence-corrected chi connectivity index (χ4v) is 4.08. The Balaban J connectivity index is 2.10. The van der Waals surface area contributed by atoms with Crippen molar-refractivity contribution >= 4 is 8.56 Å². The third-order valence-corrected chi connectivity index (χ3v) is 5.48. The van der Waals surface area contributed by atoms with Crippen LogP contribution in [0.5, 0.6) is 0 Å². The fourth-order valence-electron chi connectivity index (χ4n) is 1.66. The van der Waals surface area contributed by atoms with Crippen LogP contribution < -0.4 is 0 Å². The summed E-state index contributed by atoms with van der Waals surface area (Å²) >= 11 is 0. The molecule has 0 aromatic carbocycles. The summed E-state index contributed by atoms with van der Waals surface area (Å²) < 4.78 is 11.7. The summed E-state index contributed by atoms with van der Waals surface area (Å²) in [7, 11) is -1.69. The third-order valence-electron chi connectivity index (χ3n) is 2.59. The monoisotopic (exact) mass is 202 g/mol. The van der Waals surface area contributed by atoms with Crippen molar-refractivity contribution in [1.29, 1.82) is 0 Å². The largest absolute Gasteiger partial charge is 0.394 e. The predicted octanol–water partition coefficient (Wildman–Crippen LogP) is 3.08. The van der Waals surface area contributed by atoms with E-state index in [-0.39, 0.29) is 0 Å². The van der Waals surface area contributed by atoms with Crippen molar-refractivity contribution in [3.8, 4) is 0 Å². The summed E-state index contributed by atoms with van der Waals surface area (Å²) in [6.07, 6.45) is 6.27. The zero-order valence-corrected chi connectivity index (χ0v) is 9.97. The van der Waals surface area contributed by atoms with Crippen LogP contribution in [0.15, 0.2) is 0 Å². The van der Waals surface area contributed by atoms with Crippen molar-refractivity contribution in [2.45, 2.75) is 51.6 Å². The third kappa shape index (κ3) is 4.25. The van der Waals surface area contributed by atoms with Crippen LogP contribution in [0.4, 0.5) is 0 Å². The van der Waals surface area contributed by atoms with Gasteiger partial charge in [0, 0.05) is 13.2 Å². The summed E-state index contributed by atoms with van der Waals surface area (Å²) in [4.78, 5) is 0. The van der Waals surface area contributed by atoms with Gasteiger partial charge in [0.25, 0.3) is 0 Å². The standard InChI is InChI=1S/C10H22O2Si/c1-3-4-5-8-11-13(2)10-7-6-9-12-13/h3-10H2,1-2H3. The van der Waals surface area contributed by atoms with Crippen LogP contribution in [0.1, 0.15) is 39.0 Å². The molecule has 1 rings (SSSR count). The zero-order chi connectivity index (χ0) is 9.57. The van der Waals surface area contributed by atoms with Gasteiger partial charge >= 0.3 is 8.56 Å². The average Bonchev–Trinajstić information content (AvgIpc) is 2.14. The lowest BCUT2D eigenvalue weighted by atomic mass is 10.3. The van der Waals surface area contributed by atoms with E-state index in [9.17, 15) is 0 Å². The summed E-state index contributed by atoms with van der Waals surface area (Å²) in [6.45, 7) is 6.27. The van der Waals surface area contributed by atoms with Crippen LogP contribution in [-0.2, 0) is 8.85 Å². The minimum atomic E-state index is -1.69. The molecule has 0 radical (unpaired) electrons. The van der Waals surface area contributed by atoms with Gasteiger partial charge in [-0.1, -0.05) is 19.8 Å². The lowest BCUT2D eigenvalue weighted by Gasteiger charge is -2.30. The van der Waals surface area contributed by atoms with Gasteiger partial charge in [-0.25, -0.2) is 0 Å². The molecule has 1 aliphatic rings. The Hall–Kier alpha value is 0.137. The molecular weight excluding hydrogens is 180 g/mol. The van der Waals surface area contributed by atoms with E-state index in [1.165, 1.54) is 38.1 Å². The van der Waals surface area contributed by atoms with Crippen LogP contribution in [0.2, 0.25) is 12.6 Å². The molecule has 3 heteroatoms. The summed E-state index contributed by atoms with van der Waals surface area (Å²) in [5.41, 5.74) is 0. The summed E-state index contributed by atoms with van der Waals surface area (Å²) in [5.74, 6) is 0. The molecule has 1 saturated heterocycles. The number of hydrogen-bond donors (Lipinski definition) is 0. The van der Waals surface area contributed by atoms with Gasteiger partial charge in [-0.05, 0) is 31.9 Å². The van der Waals surface area contributed by atoms with E-state index in [0.29, 0.717) is 0 Å². The highest BCUT2D eigenvalue weighted by Crippen LogP contribution is 2.22. The van der Waals surface area contributed by atoms with Gasteiger partial charge in [0.15, 0.2) is 0 Å². The highest BCUT2D eigenvalue weighted by Gasteiger charge is 2.33. The van der Waals surface area contributed by atoms with E-state index in [1.807, 2.05) is 0 Å². The van der Waals surface area contributed by atoms with E-state index in [1.54, 1.807) is 0 Å². The first-order chi connectivity index (χ1) is 6.27. The number of hydrogen-bond acceptors (Lipinski definition) is 2. The lowest BCUT2D eigenvalue weighted by molar-refractivity contribution is 0.152. The second-order valence-corrected chi connectivity index (χ2v) is 7.34. The van der Waals surface area contributed by atoms with Crippen LogP contribution >= 0.6 is 0 Å². The Morgan fingerprint density at radius 3 is 2.77 bits per heavy atom. The molecule has 0 spiro atoms. The molecule has 0 aromatic rings. The maximum Gasteiger partial charge on any atom is 0.334 e. The molecule has 0 N–H and O–H groups in total. The van der Waals surface area contributed by atoms with Crippen molar-refractivity contribution in [1.82, 2.24) is 0 Å². The van der Waals surface area contributed by atoms with E-state index in [2.05, 4.69) is 13.5 Å². The predicted molar refractivity (Wildman–Crippen MR) is 57.1 cm³/mol. The van der Waals surface area contributed by atoms with Gasteiger partial charge in [-0.3, -0.25) is 0 Å². The van der Waals surface area contributed by atoms with Crippen molar-refractivity contribution < 1.29 is 8.85 Å². The molecule has 78 valence electrons. The van der Waals surface area contributed by atoms with Crippen LogP contribution in [0, 0.1) is 0 Å². The quantitative estimate of drug-likeness (QED) is 0.504. The topological polar surface area (TPSA) is 18.5 Å². The van der Waals surface area contributed by atoms with Crippen LogP contribution in [0.25, 0.3) is 0 Å². The Labute approximate surface area is 82.9 Å². The van der Waals surface area contributed by atoms with Crippen LogP contribution in [-0.4, -0.2) is 21.8 Å². The van der Waals surface area contributed by atoms with Gasteiger partial charge < -0.3 is 8.85 Å². The van der Waals surface area contributed by atoms with E-state index in [0.717, 1.165) is 13.2 Å². The minimum Gasteiger partial charge on any atom is -0.394 e. The molecule has 0 amide bonds. The molecule has 13 heavy (non-hydrogen) atoms. The molecule has 1 atom stereocenters. The van der Waals surface area contributed by atoms with Gasteiger partial charge in [0.2, 0.25) is 0 Å². The fraction of sp³-hybridized carbons (Fsp3) is 1.00. The van der Waals surface area contributed by atoms with Crippen molar-refractivity contribution in [3.05, 3.63) is 0 Å². The molecule has 0 aliphatic carbocycles. The molecule has 1 unspecified atom stereocenters. The van der Waals surface area contributed by atoms with E-state index < -0.39 is 8.56 Å². The molecule has 0 bridgehead atoms. The van der Waals surface area contributed by atoms with Gasteiger partial charge in [0.05, 0.1) is 0 Å². The van der Waals surface area contributed by atoms with Gasteiger partial charge in [-0.2, -0.15) is 0 Å². The van der Waals surface area contributed by atoms with Crippen LogP contribution in [0.3, 0.4) is 0 Å². The first-order valence-corrected chi connectivity index (χ1v) is 8.07. The summed E-state index contributed by atoms with van der Waals surface area (Å²) in [5, 5.41) is 0. The van der Waals surface area contributed by atoms with E-state index >= 15 is 0 Å². The molecular formula is C10H22O2Si. The van der Waals surface area contributed by atoms with Crippen molar-refractivity contribution in [2.75, 3.05) is 13.2 Å². The normalized spacial score (nSPS) is 29.1. The highest BCUT2D eigenvalue weighted by molar-refractivity contribution is 6.66. The molecule has 1 fully saturated rings.